The molecule has 1 aromatic heterocycles. The number of hydrogen-bond donors (Lipinski definition) is 1. The molecule has 0 unspecified atom stereocenters. The van der Waals surface area contributed by atoms with Crippen LogP contribution in [-0.4, -0.2) is 33.4 Å². The maximum Gasteiger partial charge on any atom is 0.272 e. The van der Waals surface area contributed by atoms with Crippen molar-refractivity contribution in [3.8, 4) is 5.88 Å². The first-order chi connectivity index (χ1) is 7.13. The van der Waals surface area contributed by atoms with E-state index in [0.29, 0.717) is 0 Å². The van der Waals surface area contributed by atoms with Gasteiger partial charge in [-0.2, -0.15) is 0 Å². The van der Waals surface area contributed by atoms with E-state index in [0.717, 1.165) is 12.4 Å². The Morgan fingerprint density at radius 1 is 1.53 bits per heavy atom. The maximum absolute atomic E-state index is 11.7. The lowest BCUT2D eigenvalue weighted by Crippen LogP contribution is -2.08. The number of halogens is 3. The molecule has 0 aliphatic heterocycles. The highest BCUT2D eigenvalue weighted by Gasteiger charge is 2.06. The first-order valence-electron chi connectivity index (χ1n) is 3.74. The topological polar surface area (TPSA) is 67.6 Å². The van der Waals surface area contributed by atoms with Crippen LogP contribution in [0.3, 0.4) is 0 Å². The molecule has 0 spiro atoms. The van der Waals surface area contributed by atoms with Crippen LogP contribution in [-0.2, 0) is 0 Å². The second-order valence-corrected chi connectivity index (χ2v) is 2.69. The molecular formula is C7H6ClF2N3O2. The van der Waals surface area contributed by atoms with Crippen molar-refractivity contribution in [2.24, 2.45) is 5.16 Å². The van der Waals surface area contributed by atoms with E-state index in [1.807, 2.05) is 0 Å². The molecule has 0 aliphatic rings. The standard InChI is InChI=1S/C7H6ClF2N3O2/c8-7(13-14)4-1-12-6(2-11-4)15-3-5(9)10/h1-2,5,14H,3H2. The van der Waals surface area contributed by atoms with Gasteiger partial charge in [0.15, 0.2) is 11.8 Å². The van der Waals surface area contributed by atoms with Gasteiger partial charge in [-0.1, -0.05) is 16.8 Å². The number of alkyl halides is 2. The number of ether oxygens (including phenoxy) is 1. The Balaban J connectivity index is 2.64. The van der Waals surface area contributed by atoms with E-state index >= 15 is 0 Å². The molecule has 1 heterocycles. The summed E-state index contributed by atoms with van der Waals surface area (Å²) >= 11 is 5.41. The van der Waals surface area contributed by atoms with Crippen LogP contribution in [0.4, 0.5) is 8.78 Å². The van der Waals surface area contributed by atoms with Crippen molar-refractivity contribution in [1.82, 2.24) is 9.97 Å². The molecule has 0 saturated carbocycles. The fourth-order valence-corrected chi connectivity index (χ4v) is 0.794. The van der Waals surface area contributed by atoms with E-state index in [9.17, 15) is 8.78 Å². The van der Waals surface area contributed by atoms with Gasteiger partial charge in [0.05, 0.1) is 12.4 Å². The largest absolute Gasteiger partial charge is 0.470 e. The minimum absolute atomic E-state index is 0.0542. The molecule has 0 radical (unpaired) electrons. The summed E-state index contributed by atoms with van der Waals surface area (Å²) < 4.78 is 28.0. The van der Waals surface area contributed by atoms with Crippen LogP contribution < -0.4 is 4.74 Å². The molecule has 0 amide bonds. The Bertz CT molecular complexity index is 345. The van der Waals surface area contributed by atoms with Crippen LogP contribution in [0, 0.1) is 0 Å². The van der Waals surface area contributed by atoms with Gasteiger partial charge in [0.25, 0.3) is 6.43 Å². The molecule has 0 atom stereocenters. The number of hydrogen-bond acceptors (Lipinski definition) is 5. The third-order valence-corrected chi connectivity index (χ3v) is 1.55. The minimum Gasteiger partial charge on any atom is -0.470 e. The lowest BCUT2D eigenvalue weighted by atomic mass is 10.5. The van der Waals surface area contributed by atoms with Crippen molar-refractivity contribution in [3.63, 3.8) is 0 Å². The second-order valence-electron chi connectivity index (χ2n) is 2.33. The maximum atomic E-state index is 11.7. The molecule has 1 rings (SSSR count). The second kappa shape index (κ2) is 5.40. The predicted octanol–water partition coefficient (Wildman–Crippen LogP) is 1.50. The summed E-state index contributed by atoms with van der Waals surface area (Å²) in [6.45, 7) is -0.754. The molecule has 82 valence electrons. The van der Waals surface area contributed by atoms with Gasteiger partial charge < -0.3 is 9.94 Å². The average molecular weight is 238 g/mol. The van der Waals surface area contributed by atoms with Gasteiger partial charge in [-0.05, 0) is 0 Å². The number of rotatable bonds is 4. The monoisotopic (exact) mass is 237 g/mol. The molecular weight excluding hydrogens is 232 g/mol. The first kappa shape index (κ1) is 11.6. The van der Waals surface area contributed by atoms with E-state index in [1.54, 1.807) is 0 Å². The summed E-state index contributed by atoms with van der Waals surface area (Å²) in [5.41, 5.74) is 0.114. The van der Waals surface area contributed by atoms with Crippen molar-refractivity contribution >= 4 is 16.8 Å². The number of nitrogens with zero attached hydrogens (tertiary/aromatic N) is 3. The Morgan fingerprint density at radius 2 is 2.27 bits per heavy atom. The van der Waals surface area contributed by atoms with Gasteiger partial charge in [-0.25, -0.2) is 18.7 Å². The molecule has 0 saturated heterocycles. The van der Waals surface area contributed by atoms with Gasteiger partial charge in [-0.3, -0.25) is 0 Å². The van der Waals surface area contributed by atoms with E-state index in [4.69, 9.17) is 16.8 Å². The van der Waals surface area contributed by atoms with Crippen LogP contribution in [0.15, 0.2) is 17.5 Å². The average Bonchev–Trinajstić information content (AvgIpc) is 2.26. The fourth-order valence-electron chi connectivity index (χ4n) is 0.697. The predicted molar refractivity (Wildman–Crippen MR) is 47.7 cm³/mol. The van der Waals surface area contributed by atoms with Crippen molar-refractivity contribution in [2.45, 2.75) is 6.43 Å². The highest BCUT2D eigenvalue weighted by Crippen LogP contribution is 2.07. The van der Waals surface area contributed by atoms with Crippen molar-refractivity contribution in [3.05, 3.63) is 18.1 Å². The van der Waals surface area contributed by atoms with Gasteiger partial charge in [0.1, 0.15) is 5.69 Å². The molecule has 15 heavy (non-hydrogen) atoms. The lowest BCUT2D eigenvalue weighted by Gasteiger charge is -2.03. The highest BCUT2D eigenvalue weighted by atomic mass is 35.5. The van der Waals surface area contributed by atoms with Crippen LogP contribution >= 0.6 is 11.6 Å². The Labute approximate surface area is 88.4 Å². The van der Waals surface area contributed by atoms with Crippen LogP contribution in [0.1, 0.15) is 5.69 Å². The summed E-state index contributed by atoms with van der Waals surface area (Å²) in [6, 6.07) is 0. The third kappa shape index (κ3) is 3.62. The molecule has 5 nitrogen and oxygen atoms in total. The summed E-state index contributed by atoms with van der Waals surface area (Å²) in [6.07, 6.45) is -0.331. The van der Waals surface area contributed by atoms with E-state index in [1.165, 1.54) is 0 Å². The summed E-state index contributed by atoms with van der Waals surface area (Å²) in [5, 5.41) is 10.7. The van der Waals surface area contributed by atoms with Crippen LogP contribution in [0.25, 0.3) is 0 Å². The molecule has 1 N–H and O–H groups in total. The molecule has 0 aliphatic carbocycles. The van der Waals surface area contributed by atoms with E-state index in [-0.39, 0.29) is 16.7 Å². The first-order valence-corrected chi connectivity index (χ1v) is 4.12. The molecule has 8 heteroatoms. The van der Waals surface area contributed by atoms with Gasteiger partial charge in [0, 0.05) is 0 Å². The smallest absolute Gasteiger partial charge is 0.272 e. The van der Waals surface area contributed by atoms with E-state index < -0.39 is 13.0 Å². The van der Waals surface area contributed by atoms with Crippen LogP contribution in [0.2, 0.25) is 0 Å². The van der Waals surface area contributed by atoms with Crippen LogP contribution in [0.5, 0.6) is 5.88 Å². The Morgan fingerprint density at radius 3 is 2.73 bits per heavy atom. The molecule has 0 aromatic carbocycles. The lowest BCUT2D eigenvalue weighted by molar-refractivity contribution is 0.0794. The quantitative estimate of drug-likeness (QED) is 0.489. The normalized spacial score (nSPS) is 11.9. The SMILES string of the molecule is ON=C(Cl)c1cnc(OCC(F)F)cn1. The third-order valence-electron chi connectivity index (χ3n) is 1.28. The fraction of sp³-hybridized carbons (Fsp3) is 0.286. The number of oxime groups is 1. The van der Waals surface area contributed by atoms with Gasteiger partial charge >= 0.3 is 0 Å². The zero-order chi connectivity index (χ0) is 11.3. The molecule has 0 bridgehead atoms. The summed E-state index contributed by atoms with van der Waals surface area (Å²) in [4.78, 5) is 7.30. The van der Waals surface area contributed by atoms with Gasteiger partial charge in [-0.15, -0.1) is 0 Å². The Hall–Kier alpha value is -1.50. The van der Waals surface area contributed by atoms with Crippen molar-refractivity contribution < 1.29 is 18.7 Å². The number of aromatic nitrogens is 2. The molecule has 0 fully saturated rings. The zero-order valence-electron chi connectivity index (χ0n) is 7.27. The minimum atomic E-state index is -2.57. The van der Waals surface area contributed by atoms with E-state index in [2.05, 4.69) is 19.9 Å². The summed E-state index contributed by atoms with van der Waals surface area (Å²) in [5.74, 6) is -0.0542. The highest BCUT2D eigenvalue weighted by molar-refractivity contribution is 6.69. The van der Waals surface area contributed by atoms with Crippen molar-refractivity contribution in [1.29, 1.82) is 0 Å². The molecule has 1 aromatic rings. The van der Waals surface area contributed by atoms with Gasteiger partial charge in [0.2, 0.25) is 5.88 Å². The zero-order valence-corrected chi connectivity index (χ0v) is 8.03. The summed E-state index contributed by atoms with van der Waals surface area (Å²) in [7, 11) is 0. The van der Waals surface area contributed by atoms with Crippen molar-refractivity contribution in [2.75, 3.05) is 6.61 Å². The Kier molecular flexibility index (Phi) is 4.17.